The molecule has 2 aromatic rings. The summed E-state index contributed by atoms with van der Waals surface area (Å²) in [5.74, 6) is 0.0808. The molecule has 0 radical (unpaired) electrons. The maximum atomic E-state index is 13.2. The topological polar surface area (TPSA) is 77.6 Å². The van der Waals surface area contributed by atoms with Crippen LogP contribution in [0, 0.1) is 0 Å². The fourth-order valence-corrected chi connectivity index (χ4v) is 4.27. The van der Waals surface area contributed by atoms with E-state index < -0.39 is 0 Å². The van der Waals surface area contributed by atoms with Gasteiger partial charge in [0, 0.05) is 12.2 Å². The molecule has 7 nitrogen and oxygen atoms in total. The Morgan fingerprint density at radius 2 is 2.03 bits per heavy atom. The number of amides is 2. The Bertz CT molecular complexity index is 911. The van der Waals surface area contributed by atoms with Crippen LogP contribution in [0.2, 0.25) is 0 Å². The van der Waals surface area contributed by atoms with Crippen LogP contribution in [0.25, 0.3) is 0 Å². The molecule has 1 aromatic heterocycles. The minimum atomic E-state index is -0.237. The third-order valence-electron chi connectivity index (χ3n) is 5.72. The van der Waals surface area contributed by atoms with Crippen molar-refractivity contribution in [2.45, 2.75) is 32.2 Å². The average molecular weight is 466 g/mol. The first-order valence-corrected chi connectivity index (χ1v) is 10.3. The van der Waals surface area contributed by atoms with E-state index in [0.717, 1.165) is 19.5 Å². The summed E-state index contributed by atoms with van der Waals surface area (Å²) < 4.78 is 0. The highest BCUT2D eigenvalue weighted by molar-refractivity contribution is 6.17. The van der Waals surface area contributed by atoms with Crippen LogP contribution in [0.1, 0.15) is 36.5 Å². The fourth-order valence-electron chi connectivity index (χ4n) is 4.27. The third kappa shape index (κ3) is 5.36. The fraction of sp³-hybridized carbons (Fsp3) is 0.409. The second-order valence-electron chi connectivity index (χ2n) is 7.47. The van der Waals surface area contributed by atoms with E-state index in [1.54, 1.807) is 41.4 Å². The molecule has 9 heteroatoms. The Morgan fingerprint density at radius 3 is 2.84 bits per heavy atom. The molecule has 2 amide bonds. The Hall–Kier alpha value is -2.19. The Balaban J connectivity index is 0.00000171. The van der Waals surface area contributed by atoms with Crippen LogP contribution in [0.15, 0.2) is 42.6 Å². The number of carbonyl (C=O) groups excluding carboxylic acids is 2. The van der Waals surface area contributed by atoms with E-state index in [1.165, 1.54) is 19.4 Å². The van der Waals surface area contributed by atoms with Crippen LogP contribution in [0.5, 0.6) is 0 Å². The van der Waals surface area contributed by atoms with Crippen molar-refractivity contribution in [2.75, 3.05) is 36.4 Å². The van der Waals surface area contributed by atoms with Crippen LogP contribution in [-0.2, 0) is 4.79 Å². The SMILES string of the molecule is CCN1CCCC1CCNCC(=O)N1c2ccccc2C(=O)Nc2cccnc21.Cl.Cl. The second kappa shape index (κ2) is 11.4. The zero-order valence-corrected chi connectivity index (χ0v) is 19.2. The van der Waals surface area contributed by atoms with Gasteiger partial charge in [-0.2, -0.15) is 0 Å². The quantitative estimate of drug-likeness (QED) is 0.636. The van der Waals surface area contributed by atoms with E-state index in [1.807, 2.05) is 6.07 Å². The van der Waals surface area contributed by atoms with Crippen molar-refractivity contribution in [3.63, 3.8) is 0 Å². The molecule has 1 aromatic carbocycles. The van der Waals surface area contributed by atoms with Gasteiger partial charge in [-0.15, -0.1) is 24.8 Å². The number of halogens is 2. The number of hydrogen-bond acceptors (Lipinski definition) is 5. The largest absolute Gasteiger partial charge is 0.319 e. The zero-order valence-electron chi connectivity index (χ0n) is 17.5. The normalized spacial score (nSPS) is 17.5. The van der Waals surface area contributed by atoms with Crippen molar-refractivity contribution in [2.24, 2.45) is 0 Å². The lowest BCUT2D eigenvalue weighted by Crippen LogP contribution is -2.38. The number of pyridine rings is 1. The zero-order chi connectivity index (χ0) is 20.2. The number of hydrogen-bond donors (Lipinski definition) is 2. The summed E-state index contributed by atoms with van der Waals surface area (Å²) in [6.07, 6.45) is 5.15. The van der Waals surface area contributed by atoms with E-state index in [9.17, 15) is 9.59 Å². The lowest BCUT2D eigenvalue weighted by molar-refractivity contribution is -0.117. The molecule has 168 valence electrons. The maximum absolute atomic E-state index is 13.2. The summed E-state index contributed by atoms with van der Waals surface area (Å²) in [6, 6.07) is 11.2. The summed E-state index contributed by atoms with van der Waals surface area (Å²) in [7, 11) is 0. The number of carbonyl (C=O) groups is 2. The summed E-state index contributed by atoms with van der Waals surface area (Å²) in [5, 5.41) is 6.15. The summed E-state index contributed by atoms with van der Waals surface area (Å²) in [5.41, 5.74) is 1.55. The van der Waals surface area contributed by atoms with Crippen molar-refractivity contribution in [1.82, 2.24) is 15.2 Å². The molecule has 0 saturated carbocycles. The number of benzene rings is 1. The van der Waals surface area contributed by atoms with Gasteiger partial charge in [0.15, 0.2) is 5.82 Å². The standard InChI is InChI=1S/C22H27N5O2.2ClH/c1-2-26-14-6-7-16(26)11-13-23-15-20(28)27-19-10-4-3-8-17(19)22(29)25-18-9-5-12-24-21(18)27;;/h3-5,8-10,12,16,23H,2,6-7,11,13-15H2,1H3,(H,25,29);2*1H. The van der Waals surface area contributed by atoms with Gasteiger partial charge in [-0.25, -0.2) is 4.98 Å². The van der Waals surface area contributed by atoms with Crippen molar-refractivity contribution in [1.29, 1.82) is 0 Å². The monoisotopic (exact) mass is 465 g/mol. The first kappa shape index (κ1) is 25.1. The minimum Gasteiger partial charge on any atom is -0.319 e. The van der Waals surface area contributed by atoms with E-state index in [4.69, 9.17) is 0 Å². The lowest BCUT2D eigenvalue weighted by Gasteiger charge is -2.24. The van der Waals surface area contributed by atoms with E-state index >= 15 is 0 Å². The molecule has 1 atom stereocenters. The predicted octanol–water partition coefficient (Wildman–Crippen LogP) is 3.62. The molecule has 2 aliphatic rings. The molecular weight excluding hydrogens is 437 g/mol. The highest BCUT2D eigenvalue weighted by atomic mass is 35.5. The first-order valence-electron chi connectivity index (χ1n) is 10.3. The van der Waals surface area contributed by atoms with Crippen molar-refractivity contribution in [3.05, 3.63) is 48.2 Å². The van der Waals surface area contributed by atoms with Crippen molar-refractivity contribution in [3.8, 4) is 0 Å². The first-order chi connectivity index (χ1) is 14.2. The van der Waals surface area contributed by atoms with Gasteiger partial charge in [-0.05, 0) is 63.2 Å². The van der Waals surface area contributed by atoms with Crippen LogP contribution in [0.3, 0.4) is 0 Å². The number of para-hydroxylation sites is 1. The molecule has 2 N–H and O–H groups in total. The van der Waals surface area contributed by atoms with Gasteiger partial charge in [0.05, 0.1) is 23.5 Å². The van der Waals surface area contributed by atoms with Crippen LogP contribution in [-0.4, -0.2) is 53.9 Å². The van der Waals surface area contributed by atoms with Crippen molar-refractivity contribution < 1.29 is 9.59 Å². The molecule has 1 saturated heterocycles. The van der Waals surface area contributed by atoms with Gasteiger partial charge in [0.2, 0.25) is 5.91 Å². The second-order valence-corrected chi connectivity index (χ2v) is 7.47. The molecule has 1 fully saturated rings. The Kier molecular flexibility index (Phi) is 9.25. The number of nitrogens with one attached hydrogen (secondary N) is 2. The highest BCUT2D eigenvalue weighted by Gasteiger charge is 2.30. The van der Waals surface area contributed by atoms with Gasteiger partial charge < -0.3 is 15.5 Å². The molecule has 0 spiro atoms. The molecule has 0 bridgehead atoms. The lowest BCUT2D eigenvalue weighted by atomic mass is 10.1. The van der Waals surface area contributed by atoms with E-state index in [0.29, 0.717) is 28.8 Å². The number of anilines is 3. The summed E-state index contributed by atoms with van der Waals surface area (Å²) in [4.78, 5) is 34.2. The summed E-state index contributed by atoms with van der Waals surface area (Å²) in [6.45, 7) is 5.43. The molecule has 1 unspecified atom stereocenters. The number of fused-ring (bicyclic) bond motifs is 2. The molecule has 0 aliphatic carbocycles. The van der Waals surface area contributed by atoms with Crippen LogP contribution < -0.4 is 15.5 Å². The van der Waals surface area contributed by atoms with E-state index in [2.05, 4.69) is 27.4 Å². The average Bonchev–Trinajstić information content (AvgIpc) is 3.15. The molecule has 4 rings (SSSR count). The molecular formula is C22H29Cl2N5O2. The predicted molar refractivity (Wildman–Crippen MR) is 128 cm³/mol. The number of rotatable bonds is 6. The molecule has 31 heavy (non-hydrogen) atoms. The number of likely N-dealkylation sites (tertiary alicyclic amines) is 1. The number of aromatic nitrogens is 1. The van der Waals surface area contributed by atoms with Gasteiger partial charge in [0.1, 0.15) is 0 Å². The smallest absolute Gasteiger partial charge is 0.257 e. The Morgan fingerprint density at radius 1 is 1.23 bits per heavy atom. The number of nitrogens with zero attached hydrogens (tertiary/aromatic N) is 3. The van der Waals surface area contributed by atoms with Gasteiger partial charge in [0.25, 0.3) is 5.91 Å². The third-order valence-corrected chi connectivity index (χ3v) is 5.72. The molecule has 2 aliphatic heterocycles. The maximum Gasteiger partial charge on any atom is 0.257 e. The Labute approximate surface area is 195 Å². The van der Waals surface area contributed by atoms with E-state index in [-0.39, 0.29) is 43.2 Å². The van der Waals surface area contributed by atoms with Crippen LogP contribution >= 0.6 is 24.8 Å². The van der Waals surface area contributed by atoms with Crippen LogP contribution in [0.4, 0.5) is 17.2 Å². The highest BCUT2D eigenvalue weighted by Crippen LogP contribution is 2.35. The van der Waals surface area contributed by atoms with Gasteiger partial charge >= 0.3 is 0 Å². The summed E-state index contributed by atoms with van der Waals surface area (Å²) >= 11 is 0. The molecule has 3 heterocycles. The van der Waals surface area contributed by atoms with Crippen molar-refractivity contribution >= 4 is 53.8 Å². The van der Waals surface area contributed by atoms with Gasteiger partial charge in [-0.1, -0.05) is 19.1 Å². The minimum absolute atomic E-state index is 0. The van der Waals surface area contributed by atoms with Gasteiger partial charge in [-0.3, -0.25) is 14.5 Å².